The standard InChI is InChI=1S/C9H18F3NS/c1-3-7(2)6-14-8(4-5-13)9(10,11)12/h7-8H,3-6,13H2,1-2H3. The van der Waals surface area contributed by atoms with E-state index in [1.54, 1.807) is 0 Å². The molecule has 0 radical (unpaired) electrons. The molecule has 0 aromatic rings. The molecule has 2 atom stereocenters. The van der Waals surface area contributed by atoms with Gasteiger partial charge in [-0.2, -0.15) is 13.2 Å². The minimum atomic E-state index is -4.11. The van der Waals surface area contributed by atoms with Gasteiger partial charge in [0.2, 0.25) is 0 Å². The lowest BCUT2D eigenvalue weighted by Crippen LogP contribution is -2.29. The zero-order valence-corrected chi connectivity index (χ0v) is 9.42. The van der Waals surface area contributed by atoms with Crippen molar-refractivity contribution < 1.29 is 13.2 Å². The SMILES string of the molecule is CCC(C)CSC(CCN)C(F)(F)F. The molecule has 86 valence electrons. The molecule has 0 bridgehead atoms. The van der Waals surface area contributed by atoms with E-state index in [4.69, 9.17) is 5.73 Å². The first-order chi connectivity index (χ1) is 6.41. The van der Waals surface area contributed by atoms with Crippen LogP contribution in [0.2, 0.25) is 0 Å². The zero-order valence-electron chi connectivity index (χ0n) is 8.60. The van der Waals surface area contributed by atoms with Crippen molar-refractivity contribution in [3.63, 3.8) is 0 Å². The summed E-state index contributed by atoms with van der Waals surface area (Å²) in [5, 5.41) is -1.29. The van der Waals surface area contributed by atoms with E-state index in [1.807, 2.05) is 13.8 Å². The van der Waals surface area contributed by atoms with Crippen molar-refractivity contribution >= 4 is 11.8 Å². The highest BCUT2D eigenvalue weighted by Crippen LogP contribution is 2.33. The van der Waals surface area contributed by atoms with Crippen LogP contribution >= 0.6 is 11.8 Å². The molecule has 0 aromatic carbocycles. The molecule has 1 nitrogen and oxygen atoms in total. The molecule has 0 saturated heterocycles. The van der Waals surface area contributed by atoms with Gasteiger partial charge in [-0.1, -0.05) is 20.3 Å². The van der Waals surface area contributed by atoms with Gasteiger partial charge in [0.15, 0.2) is 0 Å². The summed E-state index contributed by atoms with van der Waals surface area (Å²) in [5.41, 5.74) is 5.15. The van der Waals surface area contributed by atoms with Crippen LogP contribution in [0.15, 0.2) is 0 Å². The van der Waals surface area contributed by atoms with Crippen LogP contribution in [0.5, 0.6) is 0 Å². The van der Waals surface area contributed by atoms with Gasteiger partial charge in [0.05, 0.1) is 0 Å². The van der Waals surface area contributed by atoms with E-state index in [9.17, 15) is 13.2 Å². The summed E-state index contributed by atoms with van der Waals surface area (Å²) in [4.78, 5) is 0. The van der Waals surface area contributed by atoms with Crippen molar-refractivity contribution in [3.05, 3.63) is 0 Å². The van der Waals surface area contributed by atoms with Crippen LogP contribution in [0, 0.1) is 5.92 Å². The van der Waals surface area contributed by atoms with Crippen LogP contribution in [0.4, 0.5) is 13.2 Å². The summed E-state index contributed by atoms with van der Waals surface area (Å²) in [6.45, 7) is 4.04. The summed E-state index contributed by atoms with van der Waals surface area (Å²) in [6, 6.07) is 0. The third kappa shape index (κ3) is 5.75. The summed E-state index contributed by atoms with van der Waals surface area (Å²) in [7, 11) is 0. The third-order valence-electron chi connectivity index (χ3n) is 2.07. The first-order valence-electron chi connectivity index (χ1n) is 4.80. The smallest absolute Gasteiger partial charge is 0.330 e. The third-order valence-corrected chi connectivity index (χ3v) is 3.74. The normalized spacial score (nSPS) is 16.7. The average molecular weight is 229 g/mol. The van der Waals surface area contributed by atoms with E-state index in [2.05, 4.69) is 0 Å². The van der Waals surface area contributed by atoms with Gasteiger partial charge in [0.25, 0.3) is 0 Å². The monoisotopic (exact) mass is 229 g/mol. The van der Waals surface area contributed by atoms with Crippen LogP contribution in [-0.4, -0.2) is 23.7 Å². The maximum atomic E-state index is 12.4. The Hall–Kier alpha value is 0.100. The summed E-state index contributed by atoms with van der Waals surface area (Å²) in [5.74, 6) is 0.892. The highest BCUT2D eigenvalue weighted by Gasteiger charge is 2.39. The number of halogens is 3. The molecule has 0 fully saturated rings. The lowest BCUT2D eigenvalue weighted by molar-refractivity contribution is -0.129. The molecule has 0 aliphatic carbocycles. The molecular weight excluding hydrogens is 211 g/mol. The molecule has 0 amide bonds. The molecule has 0 heterocycles. The van der Waals surface area contributed by atoms with E-state index >= 15 is 0 Å². The number of thioether (sulfide) groups is 1. The highest BCUT2D eigenvalue weighted by molar-refractivity contribution is 7.99. The first-order valence-corrected chi connectivity index (χ1v) is 5.85. The number of hydrogen-bond acceptors (Lipinski definition) is 2. The second-order valence-corrected chi connectivity index (χ2v) is 4.69. The van der Waals surface area contributed by atoms with Gasteiger partial charge in [-0.15, -0.1) is 11.8 Å². The number of hydrogen-bond donors (Lipinski definition) is 1. The van der Waals surface area contributed by atoms with Crippen LogP contribution < -0.4 is 5.73 Å². The Balaban J connectivity index is 3.98. The molecular formula is C9H18F3NS. The molecule has 0 aliphatic rings. The maximum absolute atomic E-state index is 12.4. The second-order valence-electron chi connectivity index (χ2n) is 3.45. The molecule has 5 heteroatoms. The van der Waals surface area contributed by atoms with Gasteiger partial charge in [-0.05, 0) is 24.6 Å². The minimum Gasteiger partial charge on any atom is -0.330 e. The van der Waals surface area contributed by atoms with Crippen LogP contribution in [-0.2, 0) is 0 Å². The Kier molecular flexibility index (Phi) is 6.61. The van der Waals surface area contributed by atoms with Crippen molar-refractivity contribution in [3.8, 4) is 0 Å². The molecule has 0 spiro atoms. The lowest BCUT2D eigenvalue weighted by Gasteiger charge is -2.20. The van der Waals surface area contributed by atoms with E-state index in [0.29, 0.717) is 11.7 Å². The summed E-state index contributed by atoms with van der Waals surface area (Å²) < 4.78 is 37.2. The second kappa shape index (κ2) is 6.56. The zero-order chi connectivity index (χ0) is 11.2. The molecule has 2 unspecified atom stereocenters. The van der Waals surface area contributed by atoms with Crippen molar-refractivity contribution in [1.82, 2.24) is 0 Å². The topological polar surface area (TPSA) is 26.0 Å². The van der Waals surface area contributed by atoms with E-state index in [0.717, 1.165) is 18.2 Å². The van der Waals surface area contributed by atoms with Crippen molar-refractivity contribution in [1.29, 1.82) is 0 Å². The van der Waals surface area contributed by atoms with E-state index < -0.39 is 11.4 Å². The number of rotatable bonds is 6. The Morgan fingerprint density at radius 1 is 1.36 bits per heavy atom. The quantitative estimate of drug-likeness (QED) is 0.757. The van der Waals surface area contributed by atoms with Gasteiger partial charge in [-0.3, -0.25) is 0 Å². The Labute approximate surface area is 87.6 Å². The van der Waals surface area contributed by atoms with Crippen molar-refractivity contribution in [2.24, 2.45) is 11.7 Å². The molecule has 2 N–H and O–H groups in total. The Morgan fingerprint density at radius 3 is 2.29 bits per heavy atom. The van der Waals surface area contributed by atoms with Crippen LogP contribution in [0.3, 0.4) is 0 Å². The van der Waals surface area contributed by atoms with Gasteiger partial charge in [0, 0.05) is 0 Å². The van der Waals surface area contributed by atoms with Gasteiger partial charge in [-0.25, -0.2) is 0 Å². The number of alkyl halides is 3. The summed E-state index contributed by atoms with van der Waals surface area (Å²) in [6.07, 6.45) is -3.18. The number of nitrogens with two attached hydrogens (primary N) is 1. The first kappa shape index (κ1) is 14.1. The average Bonchev–Trinajstić information content (AvgIpc) is 2.09. The van der Waals surface area contributed by atoms with Crippen LogP contribution in [0.25, 0.3) is 0 Å². The van der Waals surface area contributed by atoms with Gasteiger partial charge >= 0.3 is 6.18 Å². The highest BCUT2D eigenvalue weighted by atomic mass is 32.2. The van der Waals surface area contributed by atoms with Crippen LogP contribution in [0.1, 0.15) is 26.7 Å². The lowest BCUT2D eigenvalue weighted by atomic mass is 10.2. The molecule has 0 rings (SSSR count). The van der Waals surface area contributed by atoms with E-state index in [-0.39, 0.29) is 13.0 Å². The fourth-order valence-corrected chi connectivity index (χ4v) is 2.18. The minimum absolute atomic E-state index is 0.0185. The molecule has 0 aliphatic heterocycles. The molecule has 0 aromatic heterocycles. The molecule has 14 heavy (non-hydrogen) atoms. The Bertz CT molecular complexity index is 149. The van der Waals surface area contributed by atoms with Crippen molar-refractivity contribution in [2.45, 2.75) is 38.1 Å². The Morgan fingerprint density at radius 2 is 1.93 bits per heavy atom. The van der Waals surface area contributed by atoms with Crippen molar-refractivity contribution in [2.75, 3.05) is 12.3 Å². The fraction of sp³-hybridized carbons (Fsp3) is 1.00. The fourth-order valence-electron chi connectivity index (χ4n) is 0.891. The molecule has 0 saturated carbocycles. The predicted molar refractivity (Wildman–Crippen MR) is 55.4 cm³/mol. The largest absolute Gasteiger partial charge is 0.400 e. The summed E-state index contributed by atoms with van der Waals surface area (Å²) >= 11 is 0.981. The van der Waals surface area contributed by atoms with Gasteiger partial charge < -0.3 is 5.73 Å². The maximum Gasteiger partial charge on any atom is 0.400 e. The van der Waals surface area contributed by atoms with Gasteiger partial charge in [0.1, 0.15) is 5.25 Å². The van der Waals surface area contributed by atoms with E-state index in [1.165, 1.54) is 0 Å². The predicted octanol–water partition coefficient (Wildman–Crippen LogP) is 3.05.